The molecule has 1 aliphatic heterocycles. The monoisotopic (exact) mass is 326 g/mol. The molecule has 0 atom stereocenters. The first-order valence-corrected chi connectivity index (χ1v) is 8.30. The van der Waals surface area contributed by atoms with E-state index in [4.69, 9.17) is 4.74 Å². The van der Waals surface area contributed by atoms with Gasteiger partial charge >= 0.3 is 5.97 Å². The molecule has 0 fully saturated rings. The van der Waals surface area contributed by atoms with Crippen LogP contribution in [-0.2, 0) is 9.53 Å². The molecule has 0 aliphatic carbocycles. The lowest BCUT2D eigenvalue weighted by Gasteiger charge is -2.29. The number of carbonyl (C=O) groups is 1. The van der Waals surface area contributed by atoms with Crippen molar-refractivity contribution in [3.05, 3.63) is 63.8 Å². The Bertz CT molecular complexity index is 791. The molecule has 0 spiro atoms. The Balaban J connectivity index is 2.17. The molecular formula is C18H18N2O2S. The predicted octanol–water partition coefficient (Wildman–Crippen LogP) is 4.07. The number of carbonyl (C=O) groups excluding carboxylic acids is 1. The van der Waals surface area contributed by atoms with Crippen LogP contribution in [0.4, 0.5) is 5.69 Å². The van der Waals surface area contributed by atoms with Crippen LogP contribution < -0.4 is 4.90 Å². The molecule has 0 amide bonds. The van der Waals surface area contributed by atoms with Crippen LogP contribution >= 0.6 is 11.3 Å². The average molecular weight is 326 g/mol. The van der Waals surface area contributed by atoms with Gasteiger partial charge in [0.05, 0.1) is 29.8 Å². The summed E-state index contributed by atoms with van der Waals surface area (Å²) in [4.78, 5) is 18.8. The van der Waals surface area contributed by atoms with Crippen LogP contribution in [0.15, 0.2) is 46.8 Å². The molecule has 0 saturated heterocycles. The van der Waals surface area contributed by atoms with Crippen molar-refractivity contribution in [2.24, 2.45) is 0 Å². The summed E-state index contributed by atoms with van der Waals surface area (Å²) in [6.45, 7) is 3.95. The molecule has 2 aromatic rings. The number of ether oxygens (including phenoxy) is 1. The Hall–Kier alpha value is -2.40. The minimum absolute atomic E-state index is 0.293. The predicted molar refractivity (Wildman–Crippen MR) is 93.2 cm³/mol. The highest BCUT2D eigenvalue weighted by atomic mass is 32.1. The Morgan fingerprint density at radius 3 is 2.78 bits per heavy atom. The number of nitrogens with zero attached hydrogens (tertiary/aromatic N) is 2. The van der Waals surface area contributed by atoms with Crippen molar-refractivity contribution in [1.82, 2.24) is 4.98 Å². The van der Waals surface area contributed by atoms with E-state index in [1.54, 1.807) is 11.3 Å². The first-order valence-electron chi connectivity index (χ1n) is 7.36. The van der Waals surface area contributed by atoms with Crippen LogP contribution in [0.2, 0.25) is 0 Å². The number of methoxy groups -OCH3 is 1. The van der Waals surface area contributed by atoms with Crippen LogP contribution in [0.25, 0.3) is 5.70 Å². The van der Waals surface area contributed by atoms with Gasteiger partial charge in [-0.05, 0) is 37.4 Å². The fraction of sp³-hybridized carbons (Fsp3) is 0.222. The van der Waals surface area contributed by atoms with Gasteiger partial charge in [0.25, 0.3) is 0 Å². The van der Waals surface area contributed by atoms with Crippen molar-refractivity contribution in [2.45, 2.75) is 20.3 Å². The zero-order valence-corrected chi connectivity index (χ0v) is 14.2. The molecular weight excluding hydrogens is 308 g/mol. The lowest BCUT2D eigenvalue weighted by Crippen LogP contribution is -2.23. The van der Waals surface area contributed by atoms with Gasteiger partial charge in [-0.2, -0.15) is 11.3 Å². The number of thiophene rings is 1. The largest absolute Gasteiger partial charge is 0.466 e. The summed E-state index contributed by atoms with van der Waals surface area (Å²) in [5.74, 6) is -0.293. The van der Waals surface area contributed by atoms with Crippen molar-refractivity contribution in [2.75, 3.05) is 12.0 Å². The topological polar surface area (TPSA) is 42.4 Å². The molecule has 5 heteroatoms. The van der Waals surface area contributed by atoms with Crippen molar-refractivity contribution in [3.8, 4) is 0 Å². The minimum atomic E-state index is -0.293. The number of aromatic nitrogens is 1. The van der Waals surface area contributed by atoms with E-state index >= 15 is 0 Å². The van der Waals surface area contributed by atoms with Gasteiger partial charge in [-0.15, -0.1) is 0 Å². The van der Waals surface area contributed by atoms with E-state index < -0.39 is 0 Å². The van der Waals surface area contributed by atoms with Crippen LogP contribution in [0.1, 0.15) is 23.4 Å². The average Bonchev–Trinajstić information content (AvgIpc) is 3.07. The van der Waals surface area contributed by atoms with Crippen LogP contribution in [0.5, 0.6) is 0 Å². The zero-order valence-electron chi connectivity index (χ0n) is 13.4. The maximum atomic E-state index is 12.2. The first-order chi connectivity index (χ1) is 11.1. The van der Waals surface area contributed by atoms with Gasteiger partial charge in [0.15, 0.2) is 0 Å². The summed E-state index contributed by atoms with van der Waals surface area (Å²) in [7, 11) is 1.42. The van der Waals surface area contributed by atoms with E-state index in [1.165, 1.54) is 7.11 Å². The third-order valence-electron chi connectivity index (χ3n) is 3.79. The maximum absolute atomic E-state index is 12.2. The SMILES string of the molecule is COC(=O)C1=C(c2ccsc2)N(c2ccc(C)nc2C)C=CC1. The van der Waals surface area contributed by atoms with Gasteiger partial charge in [-0.25, -0.2) is 4.79 Å². The standard InChI is InChI=1S/C18H18N2O2S/c1-12-6-7-16(13(2)19-12)20-9-4-5-15(18(21)22-3)17(20)14-8-10-23-11-14/h4,6-11H,5H2,1-3H3. The number of hydrogen-bond acceptors (Lipinski definition) is 5. The molecule has 3 rings (SSSR count). The summed E-state index contributed by atoms with van der Waals surface area (Å²) in [6.07, 6.45) is 4.53. The Labute approximate surface area is 139 Å². The van der Waals surface area contributed by atoms with Crippen molar-refractivity contribution < 1.29 is 9.53 Å². The molecule has 0 aromatic carbocycles. The quantitative estimate of drug-likeness (QED) is 0.798. The van der Waals surface area contributed by atoms with Crippen LogP contribution in [0, 0.1) is 13.8 Å². The van der Waals surface area contributed by atoms with E-state index in [-0.39, 0.29) is 5.97 Å². The number of esters is 1. The second kappa shape index (κ2) is 6.38. The highest BCUT2D eigenvalue weighted by molar-refractivity contribution is 7.08. The number of pyridine rings is 1. The zero-order chi connectivity index (χ0) is 16.4. The van der Waals surface area contributed by atoms with Gasteiger partial charge in [0.2, 0.25) is 0 Å². The third kappa shape index (κ3) is 2.92. The Morgan fingerprint density at radius 1 is 1.30 bits per heavy atom. The van der Waals surface area contributed by atoms with Crippen molar-refractivity contribution >= 4 is 28.7 Å². The fourth-order valence-corrected chi connectivity index (χ4v) is 3.38. The highest BCUT2D eigenvalue weighted by Crippen LogP contribution is 2.36. The smallest absolute Gasteiger partial charge is 0.336 e. The number of hydrogen-bond donors (Lipinski definition) is 0. The van der Waals surface area contributed by atoms with Crippen molar-refractivity contribution in [3.63, 3.8) is 0 Å². The molecule has 3 heterocycles. The molecule has 0 bridgehead atoms. The van der Waals surface area contributed by atoms with Gasteiger partial charge in [-0.3, -0.25) is 4.98 Å². The van der Waals surface area contributed by atoms with E-state index in [2.05, 4.69) is 4.98 Å². The molecule has 0 unspecified atom stereocenters. The summed E-state index contributed by atoms with van der Waals surface area (Å²) in [5.41, 5.74) is 5.41. The normalized spacial score (nSPS) is 14.3. The molecule has 0 radical (unpaired) electrons. The highest BCUT2D eigenvalue weighted by Gasteiger charge is 2.26. The number of anilines is 1. The van der Waals surface area contributed by atoms with Crippen molar-refractivity contribution in [1.29, 1.82) is 0 Å². The molecule has 23 heavy (non-hydrogen) atoms. The minimum Gasteiger partial charge on any atom is -0.466 e. The lowest BCUT2D eigenvalue weighted by atomic mass is 10.0. The summed E-state index contributed by atoms with van der Waals surface area (Å²) in [5, 5.41) is 4.05. The summed E-state index contributed by atoms with van der Waals surface area (Å²) >= 11 is 1.61. The number of aryl methyl sites for hydroxylation is 2. The molecule has 118 valence electrons. The van der Waals surface area contributed by atoms with E-state index in [1.807, 2.05) is 60.0 Å². The van der Waals surface area contributed by atoms with Gasteiger partial charge in [0.1, 0.15) is 0 Å². The van der Waals surface area contributed by atoms with E-state index in [0.29, 0.717) is 12.0 Å². The summed E-state index contributed by atoms with van der Waals surface area (Å²) in [6, 6.07) is 6.04. The Kier molecular flexibility index (Phi) is 4.30. The second-order valence-electron chi connectivity index (χ2n) is 5.35. The van der Waals surface area contributed by atoms with Gasteiger partial charge in [0, 0.05) is 29.3 Å². The number of rotatable bonds is 3. The molecule has 1 aliphatic rings. The lowest BCUT2D eigenvalue weighted by molar-refractivity contribution is -0.136. The maximum Gasteiger partial charge on any atom is 0.336 e. The third-order valence-corrected chi connectivity index (χ3v) is 4.47. The van der Waals surface area contributed by atoms with Gasteiger partial charge < -0.3 is 9.64 Å². The summed E-state index contributed by atoms with van der Waals surface area (Å²) < 4.78 is 4.98. The molecule has 4 nitrogen and oxygen atoms in total. The molecule has 2 aromatic heterocycles. The molecule has 0 N–H and O–H groups in total. The van der Waals surface area contributed by atoms with E-state index in [9.17, 15) is 4.79 Å². The van der Waals surface area contributed by atoms with Gasteiger partial charge in [-0.1, -0.05) is 6.08 Å². The molecule has 0 saturated carbocycles. The van der Waals surface area contributed by atoms with Crippen LogP contribution in [-0.4, -0.2) is 18.1 Å². The Morgan fingerprint density at radius 2 is 2.13 bits per heavy atom. The van der Waals surface area contributed by atoms with E-state index in [0.717, 1.165) is 28.3 Å². The number of allylic oxidation sites excluding steroid dienone is 1. The first kappa shape index (κ1) is 15.5. The fourth-order valence-electron chi connectivity index (χ4n) is 2.74. The second-order valence-corrected chi connectivity index (χ2v) is 6.13. The van der Waals surface area contributed by atoms with Crippen LogP contribution in [0.3, 0.4) is 0 Å².